The number of carbonyl (C=O) groups is 1. The quantitative estimate of drug-likeness (QED) is 0.720. The Hall–Kier alpha value is -3.15. The van der Waals surface area contributed by atoms with E-state index in [1.54, 1.807) is 0 Å². The standard InChI is InChI=1S/C17H15N5O/c18-16-12-6-2-4-8-14(12)20-17(21-16)22-9-11-5-1-3-7-13(11)19-15(23)10-22/h1-8H,9-10H2,(H,19,23)(H2,18,20,21). The van der Waals surface area contributed by atoms with Crippen molar-refractivity contribution in [2.45, 2.75) is 6.54 Å². The molecule has 23 heavy (non-hydrogen) atoms. The predicted octanol–water partition coefficient (Wildman–Crippen LogP) is 2.17. The topological polar surface area (TPSA) is 84.1 Å². The van der Waals surface area contributed by atoms with Crippen LogP contribution in [0.5, 0.6) is 0 Å². The van der Waals surface area contributed by atoms with Crippen LogP contribution in [0.2, 0.25) is 0 Å². The van der Waals surface area contributed by atoms with Crippen LogP contribution in [-0.4, -0.2) is 22.4 Å². The van der Waals surface area contributed by atoms with Crippen molar-refractivity contribution in [3.05, 3.63) is 54.1 Å². The van der Waals surface area contributed by atoms with E-state index in [0.717, 1.165) is 22.2 Å². The first-order chi connectivity index (χ1) is 11.2. The molecule has 2 aromatic carbocycles. The minimum absolute atomic E-state index is 0.0923. The molecule has 4 rings (SSSR count). The number of nitrogens with two attached hydrogens (primary N) is 1. The third kappa shape index (κ3) is 2.44. The molecule has 2 heterocycles. The Balaban J connectivity index is 1.79. The number of nitrogen functional groups attached to an aromatic ring is 1. The van der Waals surface area contributed by atoms with Crippen molar-refractivity contribution in [2.75, 3.05) is 22.5 Å². The highest BCUT2D eigenvalue weighted by atomic mass is 16.2. The maximum Gasteiger partial charge on any atom is 0.244 e. The van der Waals surface area contributed by atoms with Gasteiger partial charge in [-0.1, -0.05) is 30.3 Å². The molecule has 114 valence electrons. The third-order valence-corrected chi connectivity index (χ3v) is 3.89. The number of anilines is 3. The number of benzene rings is 2. The Morgan fingerprint density at radius 1 is 1.00 bits per heavy atom. The van der Waals surface area contributed by atoms with Gasteiger partial charge in [0, 0.05) is 17.6 Å². The van der Waals surface area contributed by atoms with Crippen LogP contribution in [0.3, 0.4) is 0 Å². The van der Waals surface area contributed by atoms with E-state index in [1.807, 2.05) is 53.4 Å². The highest BCUT2D eigenvalue weighted by molar-refractivity contribution is 5.96. The Morgan fingerprint density at radius 2 is 1.78 bits per heavy atom. The number of nitrogens with zero attached hydrogens (tertiary/aromatic N) is 3. The lowest BCUT2D eigenvalue weighted by Crippen LogP contribution is -2.31. The average Bonchev–Trinajstić information content (AvgIpc) is 2.72. The highest BCUT2D eigenvalue weighted by Crippen LogP contribution is 2.25. The second kappa shape index (κ2) is 5.24. The number of nitrogens with one attached hydrogen (secondary N) is 1. The molecule has 6 heteroatoms. The van der Waals surface area contributed by atoms with E-state index >= 15 is 0 Å². The van der Waals surface area contributed by atoms with Crippen molar-refractivity contribution in [3.8, 4) is 0 Å². The largest absolute Gasteiger partial charge is 0.383 e. The number of fused-ring (bicyclic) bond motifs is 2. The molecule has 3 N–H and O–H groups in total. The highest BCUT2D eigenvalue weighted by Gasteiger charge is 2.21. The van der Waals surface area contributed by atoms with Crippen LogP contribution >= 0.6 is 0 Å². The fourth-order valence-corrected chi connectivity index (χ4v) is 2.78. The molecule has 0 radical (unpaired) electrons. The SMILES string of the molecule is Nc1nc(N2CC(=O)Nc3ccccc3C2)nc2ccccc12. The predicted molar refractivity (Wildman–Crippen MR) is 90.1 cm³/mol. The van der Waals surface area contributed by atoms with Gasteiger partial charge in [0.15, 0.2) is 0 Å². The van der Waals surface area contributed by atoms with Gasteiger partial charge in [0.25, 0.3) is 0 Å². The first-order valence-electron chi connectivity index (χ1n) is 7.36. The molecule has 0 unspecified atom stereocenters. The summed E-state index contributed by atoms with van der Waals surface area (Å²) >= 11 is 0. The summed E-state index contributed by atoms with van der Waals surface area (Å²) < 4.78 is 0. The van der Waals surface area contributed by atoms with E-state index in [9.17, 15) is 4.79 Å². The summed E-state index contributed by atoms with van der Waals surface area (Å²) in [5.74, 6) is 0.793. The number of para-hydroxylation sites is 2. The van der Waals surface area contributed by atoms with E-state index in [1.165, 1.54) is 0 Å². The van der Waals surface area contributed by atoms with Gasteiger partial charge in [-0.3, -0.25) is 4.79 Å². The van der Waals surface area contributed by atoms with Gasteiger partial charge in [-0.05, 0) is 23.8 Å². The number of carbonyl (C=O) groups excluding carboxylic acids is 1. The second-order valence-corrected chi connectivity index (χ2v) is 5.49. The molecule has 0 aliphatic carbocycles. The molecule has 3 aromatic rings. The molecule has 0 saturated carbocycles. The molecule has 0 saturated heterocycles. The molecule has 1 aromatic heterocycles. The van der Waals surface area contributed by atoms with Gasteiger partial charge in [0.1, 0.15) is 12.4 Å². The van der Waals surface area contributed by atoms with Gasteiger partial charge < -0.3 is 16.0 Å². The summed E-state index contributed by atoms with van der Waals surface area (Å²) in [6.45, 7) is 0.735. The summed E-state index contributed by atoms with van der Waals surface area (Å²) in [7, 11) is 0. The van der Waals surface area contributed by atoms with Crippen molar-refractivity contribution in [3.63, 3.8) is 0 Å². The fraction of sp³-hybridized carbons (Fsp3) is 0.118. The number of hydrogen-bond donors (Lipinski definition) is 2. The fourth-order valence-electron chi connectivity index (χ4n) is 2.78. The summed E-state index contributed by atoms with van der Waals surface area (Å²) in [4.78, 5) is 22.9. The van der Waals surface area contributed by atoms with Gasteiger partial charge in [-0.15, -0.1) is 0 Å². The van der Waals surface area contributed by atoms with Crippen LogP contribution in [0.25, 0.3) is 10.9 Å². The van der Waals surface area contributed by atoms with Crippen LogP contribution in [0.1, 0.15) is 5.56 Å². The molecule has 1 aliphatic heterocycles. The Bertz CT molecular complexity index is 908. The Morgan fingerprint density at radius 3 is 2.70 bits per heavy atom. The molecule has 0 fully saturated rings. The minimum atomic E-state index is -0.0923. The normalized spacial score (nSPS) is 14.3. The Labute approximate surface area is 133 Å². The molecular formula is C17H15N5O. The number of aromatic nitrogens is 2. The lowest BCUT2D eigenvalue weighted by atomic mass is 10.2. The average molecular weight is 305 g/mol. The maximum atomic E-state index is 12.1. The molecule has 0 bridgehead atoms. The van der Waals surface area contributed by atoms with Gasteiger partial charge in [0.2, 0.25) is 11.9 Å². The number of hydrogen-bond acceptors (Lipinski definition) is 5. The number of rotatable bonds is 1. The van der Waals surface area contributed by atoms with E-state index in [0.29, 0.717) is 18.3 Å². The third-order valence-electron chi connectivity index (χ3n) is 3.89. The molecule has 6 nitrogen and oxygen atoms in total. The van der Waals surface area contributed by atoms with Crippen LogP contribution in [0, 0.1) is 0 Å². The zero-order valence-electron chi connectivity index (χ0n) is 12.4. The van der Waals surface area contributed by atoms with Crippen molar-refractivity contribution >= 4 is 34.3 Å². The first-order valence-corrected chi connectivity index (χ1v) is 7.36. The zero-order chi connectivity index (χ0) is 15.8. The monoisotopic (exact) mass is 305 g/mol. The minimum Gasteiger partial charge on any atom is -0.383 e. The van der Waals surface area contributed by atoms with Gasteiger partial charge in [-0.2, -0.15) is 4.98 Å². The van der Waals surface area contributed by atoms with Gasteiger partial charge >= 0.3 is 0 Å². The molecule has 1 aliphatic rings. The van der Waals surface area contributed by atoms with E-state index in [2.05, 4.69) is 15.3 Å². The van der Waals surface area contributed by atoms with Crippen LogP contribution in [-0.2, 0) is 11.3 Å². The smallest absolute Gasteiger partial charge is 0.244 e. The number of amides is 1. The molecule has 0 atom stereocenters. The molecule has 1 amide bonds. The zero-order valence-corrected chi connectivity index (χ0v) is 12.4. The van der Waals surface area contributed by atoms with Crippen molar-refractivity contribution in [2.24, 2.45) is 0 Å². The van der Waals surface area contributed by atoms with E-state index in [-0.39, 0.29) is 12.5 Å². The van der Waals surface area contributed by atoms with Gasteiger partial charge in [-0.25, -0.2) is 4.98 Å². The summed E-state index contributed by atoms with van der Waals surface area (Å²) in [6.07, 6.45) is 0. The summed E-state index contributed by atoms with van der Waals surface area (Å²) in [6, 6.07) is 15.3. The second-order valence-electron chi connectivity index (χ2n) is 5.49. The van der Waals surface area contributed by atoms with Crippen molar-refractivity contribution in [1.82, 2.24) is 9.97 Å². The van der Waals surface area contributed by atoms with E-state index < -0.39 is 0 Å². The van der Waals surface area contributed by atoms with Crippen LogP contribution < -0.4 is 16.0 Å². The molecular weight excluding hydrogens is 290 g/mol. The molecule has 0 spiro atoms. The summed E-state index contributed by atoms with van der Waals surface area (Å²) in [5, 5.41) is 3.72. The first kappa shape index (κ1) is 13.5. The lowest BCUT2D eigenvalue weighted by Gasteiger charge is -2.20. The van der Waals surface area contributed by atoms with Crippen molar-refractivity contribution < 1.29 is 4.79 Å². The Kier molecular flexibility index (Phi) is 3.08. The van der Waals surface area contributed by atoms with E-state index in [4.69, 9.17) is 5.73 Å². The van der Waals surface area contributed by atoms with Crippen LogP contribution in [0.15, 0.2) is 48.5 Å². The summed E-state index contributed by atoms with van der Waals surface area (Å²) in [5.41, 5.74) is 8.67. The lowest BCUT2D eigenvalue weighted by molar-refractivity contribution is -0.114. The van der Waals surface area contributed by atoms with Crippen molar-refractivity contribution in [1.29, 1.82) is 0 Å². The maximum absolute atomic E-state index is 12.1. The van der Waals surface area contributed by atoms with Gasteiger partial charge in [0.05, 0.1) is 5.52 Å². The van der Waals surface area contributed by atoms with Crippen LogP contribution in [0.4, 0.5) is 17.5 Å².